The van der Waals surface area contributed by atoms with Gasteiger partial charge in [0.15, 0.2) is 0 Å². The van der Waals surface area contributed by atoms with Gasteiger partial charge < -0.3 is 5.32 Å². The number of hydrogen-bond acceptors (Lipinski definition) is 1. The average Bonchev–Trinajstić information content (AvgIpc) is 3.11. The van der Waals surface area contributed by atoms with Gasteiger partial charge in [0, 0.05) is 16.6 Å². The lowest BCUT2D eigenvalue weighted by Gasteiger charge is -2.19. The van der Waals surface area contributed by atoms with E-state index >= 15 is 0 Å². The molecule has 0 aliphatic heterocycles. The molecule has 3 heteroatoms. The third kappa shape index (κ3) is 3.68. The molecule has 0 bridgehead atoms. The Balaban J connectivity index is 2.13. The molecule has 0 amide bonds. The van der Waals surface area contributed by atoms with Crippen molar-refractivity contribution in [2.75, 3.05) is 6.54 Å². The van der Waals surface area contributed by atoms with Gasteiger partial charge >= 0.3 is 0 Å². The predicted molar refractivity (Wildman–Crippen MR) is 69.8 cm³/mol. The minimum atomic E-state index is -0.149. The first kappa shape index (κ1) is 12.8. The number of rotatable bonds is 6. The number of hydrogen-bond donors (Lipinski definition) is 1. The molecule has 0 radical (unpaired) electrons. The zero-order chi connectivity index (χ0) is 12.3. The van der Waals surface area contributed by atoms with E-state index in [4.69, 9.17) is 11.6 Å². The molecule has 17 heavy (non-hydrogen) atoms. The highest BCUT2D eigenvalue weighted by molar-refractivity contribution is 6.30. The molecule has 1 saturated carbocycles. The second kappa shape index (κ2) is 5.83. The van der Waals surface area contributed by atoms with E-state index in [1.165, 1.54) is 18.9 Å². The Morgan fingerprint density at radius 1 is 1.47 bits per heavy atom. The molecule has 0 saturated heterocycles. The van der Waals surface area contributed by atoms with Crippen molar-refractivity contribution in [2.24, 2.45) is 5.92 Å². The Labute approximate surface area is 107 Å². The topological polar surface area (TPSA) is 12.0 Å². The second-order valence-corrected chi connectivity index (χ2v) is 5.29. The molecule has 1 nitrogen and oxygen atoms in total. The third-order valence-corrected chi connectivity index (χ3v) is 3.48. The Morgan fingerprint density at radius 2 is 2.24 bits per heavy atom. The molecule has 1 unspecified atom stereocenters. The Bertz CT molecular complexity index is 376. The summed E-state index contributed by atoms with van der Waals surface area (Å²) in [5.41, 5.74) is 0.720. The summed E-state index contributed by atoms with van der Waals surface area (Å²) in [4.78, 5) is 0. The minimum Gasteiger partial charge on any atom is -0.310 e. The summed E-state index contributed by atoms with van der Waals surface area (Å²) in [7, 11) is 0. The van der Waals surface area contributed by atoms with Crippen LogP contribution in [-0.4, -0.2) is 6.54 Å². The van der Waals surface area contributed by atoms with E-state index in [0.717, 1.165) is 30.9 Å². The maximum atomic E-state index is 13.8. The van der Waals surface area contributed by atoms with Crippen LogP contribution in [0.3, 0.4) is 0 Å². The standard InChI is InChI=1S/C14H19ClFN/c1-2-7-17-14(8-10-3-4-10)12-9-11(15)5-6-13(12)16/h5-6,9-10,14,17H,2-4,7-8H2,1H3. The monoisotopic (exact) mass is 255 g/mol. The Kier molecular flexibility index (Phi) is 4.41. The van der Waals surface area contributed by atoms with Crippen molar-refractivity contribution in [3.8, 4) is 0 Å². The summed E-state index contributed by atoms with van der Waals surface area (Å²) in [6.45, 7) is 3.04. The SMILES string of the molecule is CCCNC(CC1CC1)c1cc(Cl)ccc1F. The molecule has 1 atom stereocenters. The Morgan fingerprint density at radius 3 is 2.88 bits per heavy atom. The van der Waals surface area contributed by atoms with Gasteiger partial charge in [0.05, 0.1) is 0 Å². The quantitative estimate of drug-likeness (QED) is 0.798. The zero-order valence-electron chi connectivity index (χ0n) is 10.2. The third-order valence-electron chi connectivity index (χ3n) is 3.24. The van der Waals surface area contributed by atoms with E-state index in [0.29, 0.717) is 5.02 Å². The highest BCUT2D eigenvalue weighted by Gasteiger charge is 2.27. The maximum absolute atomic E-state index is 13.8. The largest absolute Gasteiger partial charge is 0.310 e. The normalized spacial score (nSPS) is 17.1. The van der Waals surface area contributed by atoms with Crippen LogP contribution in [0.15, 0.2) is 18.2 Å². The first-order valence-electron chi connectivity index (χ1n) is 6.39. The van der Waals surface area contributed by atoms with E-state index < -0.39 is 0 Å². The minimum absolute atomic E-state index is 0.112. The number of halogens is 2. The van der Waals surface area contributed by atoms with E-state index in [1.54, 1.807) is 12.1 Å². The van der Waals surface area contributed by atoms with Crippen molar-refractivity contribution < 1.29 is 4.39 Å². The average molecular weight is 256 g/mol. The first-order valence-corrected chi connectivity index (χ1v) is 6.76. The summed E-state index contributed by atoms with van der Waals surface area (Å²) in [5.74, 6) is 0.617. The van der Waals surface area contributed by atoms with Gasteiger partial charge in [0.2, 0.25) is 0 Å². The van der Waals surface area contributed by atoms with Crippen LogP contribution in [0.5, 0.6) is 0 Å². The summed E-state index contributed by atoms with van der Waals surface area (Å²) in [5, 5.41) is 4.04. The maximum Gasteiger partial charge on any atom is 0.128 e. The van der Waals surface area contributed by atoms with Crippen LogP contribution in [0, 0.1) is 11.7 Å². The summed E-state index contributed by atoms with van der Waals surface area (Å²) in [6, 6.07) is 4.94. The summed E-state index contributed by atoms with van der Waals surface area (Å²) >= 11 is 5.95. The number of benzene rings is 1. The van der Waals surface area contributed by atoms with Gasteiger partial charge in [-0.1, -0.05) is 31.4 Å². The van der Waals surface area contributed by atoms with Gasteiger partial charge in [-0.3, -0.25) is 0 Å². The molecule has 0 aromatic heterocycles. The van der Waals surface area contributed by atoms with Crippen LogP contribution in [-0.2, 0) is 0 Å². The molecule has 94 valence electrons. The lowest BCUT2D eigenvalue weighted by atomic mass is 10.0. The van der Waals surface area contributed by atoms with Crippen LogP contribution in [0.4, 0.5) is 4.39 Å². The predicted octanol–water partition coefficient (Wildman–Crippen LogP) is 4.32. The molecule has 1 aliphatic carbocycles. The van der Waals surface area contributed by atoms with Crippen molar-refractivity contribution in [1.29, 1.82) is 0 Å². The lowest BCUT2D eigenvalue weighted by molar-refractivity contribution is 0.453. The molecular weight excluding hydrogens is 237 g/mol. The van der Waals surface area contributed by atoms with Crippen molar-refractivity contribution in [3.63, 3.8) is 0 Å². The van der Waals surface area contributed by atoms with Crippen LogP contribution in [0.25, 0.3) is 0 Å². The summed E-state index contributed by atoms with van der Waals surface area (Å²) < 4.78 is 13.8. The molecule has 0 heterocycles. The van der Waals surface area contributed by atoms with Gasteiger partial charge in [-0.2, -0.15) is 0 Å². The zero-order valence-corrected chi connectivity index (χ0v) is 10.9. The van der Waals surface area contributed by atoms with Gasteiger partial charge in [-0.25, -0.2) is 4.39 Å². The van der Waals surface area contributed by atoms with Gasteiger partial charge in [-0.05, 0) is 43.5 Å². The van der Waals surface area contributed by atoms with Crippen LogP contribution in [0.1, 0.15) is 44.2 Å². The molecule has 2 rings (SSSR count). The fourth-order valence-electron chi connectivity index (χ4n) is 2.11. The highest BCUT2D eigenvalue weighted by atomic mass is 35.5. The van der Waals surface area contributed by atoms with Crippen molar-refractivity contribution in [2.45, 2.75) is 38.6 Å². The smallest absolute Gasteiger partial charge is 0.128 e. The molecule has 1 aromatic carbocycles. The van der Waals surface area contributed by atoms with Crippen molar-refractivity contribution in [1.82, 2.24) is 5.32 Å². The highest BCUT2D eigenvalue weighted by Crippen LogP contribution is 2.38. The molecule has 1 aromatic rings. The Hall–Kier alpha value is -0.600. The second-order valence-electron chi connectivity index (χ2n) is 4.85. The van der Waals surface area contributed by atoms with Gasteiger partial charge in [-0.15, -0.1) is 0 Å². The molecule has 1 N–H and O–H groups in total. The van der Waals surface area contributed by atoms with E-state index in [2.05, 4.69) is 12.2 Å². The van der Waals surface area contributed by atoms with E-state index in [1.807, 2.05) is 0 Å². The molecule has 1 aliphatic rings. The van der Waals surface area contributed by atoms with Crippen LogP contribution >= 0.6 is 11.6 Å². The van der Waals surface area contributed by atoms with Gasteiger partial charge in [0.25, 0.3) is 0 Å². The van der Waals surface area contributed by atoms with Gasteiger partial charge in [0.1, 0.15) is 5.82 Å². The molecule has 0 spiro atoms. The molecule has 1 fully saturated rings. The fourth-order valence-corrected chi connectivity index (χ4v) is 2.29. The molecular formula is C14H19ClFN. The first-order chi connectivity index (χ1) is 8.20. The van der Waals surface area contributed by atoms with Crippen LogP contribution < -0.4 is 5.32 Å². The summed E-state index contributed by atoms with van der Waals surface area (Å²) in [6.07, 6.45) is 4.65. The van der Waals surface area contributed by atoms with E-state index in [-0.39, 0.29) is 11.9 Å². The fraction of sp³-hybridized carbons (Fsp3) is 0.571. The number of nitrogens with one attached hydrogen (secondary N) is 1. The van der Waals surface area contributed by atoms with E-state index in [9.17, 15) is 4.39 Å². The lowest BCUT2D eigenvalue weighted by Crippen LogP contribution is -2.23. The van der Waals surface area contributed by atoms with Crippen molar-refractivity contribution >= 4 is 11.6 Å². The van der Waals surface area contributed by atoms with Crippen molar-refractivity contribution in [3.05, 3.63) is 34.6 Å². The van der Waals surface area contributed by atoms with Crippen LogP contribution in [0.2, 0.25) is 5.02 Å².